The lowest BCUT2D eigenvalue weighted by Gasteiger charge is -2.31. The lowest BCUT2D eigenvalue weighted by molar-refractivity contribution is -0.139. The van der Waals surface area contributed by atoms with Crippen molar-refractivity contribution in [1.29, 1.82) is 0 Å². The van der Waals surface area contributed by atoms with Gasteiger partial charge in [-0.3, -0.25) is 13.9 Å². The number of halogens is 1. The van der Waals surface area contributed by atoms with Crippen LogP contribution >= 0.6 is 15.9 Å². The average Bonchev–Trinajstić information content (AvgIpc) is 2.70. The second kappa shape index (κ2) is 10.8. The smallest absolute Gasteiger partial charge is 0.244 e. The first-order chi connectivity index (χ1) is 14.5. The van der Waals surface area contributed by atoms with Crippen molar-refractivity contribution in [1.82, 2.24) is 10.2 Å². The third-order valence-electron chi connectivity index (χ3n) is 4.59. The molecule has 9 heteroatoms. The normalized spacial score (nSPS) is 12.3. The van der Waals surface area contributed by atoms with E-state index in [-0.39, 0.29) is 18.5 Å². The molecule has 0 aliphatic carbocycles. The summed E-state index contributed by atoms with van der Waals surface area (Å²) in [7, 11) is -3.71. The number of para-hydroxylation sites is 1. The number of hydrogen-bond donors (Lipinski definition) is 1. The van der Waals surface area contributed by atoms with Crippen LogP contribution in [0.4, 0.5) is 5.69 Å². The molecule has 0 bridgehead atoms. The molecule has 2 aromatic carbocycles. The molecule has 0 aliphatic rings. The Morgan fingerprint density at radius 1 is 1.00 bits per heavy atom. The van der Waals surface area contributed by atoms with Crippen molar-refractivity contribution in [2.45, 2.75) is 39.4 Å². The zero-order valence-corrected chi connectivity index (χ0v) is 20.5. The number of anilines is 1. The monoisotopic (exact) mass is 509 g/mol. The first-order valence-electron chi connectivity index (χ1n) is 9.86. The maximum atomic E-state index is 13.3. The number of carbonyl (C=O) groups is 2. The molecule has 0 spiro atoms. The number of carbonyl (C=O) groups excluding carboxylic acids is 2. The molecule has 0 saturated carbocycles. The van der Waals surface area contributed by atoms with E-state index in [1.807, 2.05) is 38.1 Å². The van der Waals surface area contributed by atoms with Gasteiger partial charge in [-0.15, -0.1) is 0 Å². The van der Waals surface area contributed by atoms with Crippen molar-refractivity contribution in [3.8, 4) is 0 Å². The standard InChI is InChI=1S/C22H28BrN3O4S/c1-16(2)24-22(28)17(3)25(14-18-10-12-19(23)13-11-18)21(27)15-26(31(4,29)30)20-8-6-5-7-9-20/h5-13,16-17H,14-15H2,1-4H3,(H,24,28). The highest BCUT2D eigenvalue weighted by Gasteiger charge is 2.30. The fourth-order valence-corrected chi connectivity index (χ4v) is 4.10. The van der Waals surface area contributed by atoms with Crippen LogP contribution in [-0.4, -0.2) is 50.0 Å². The highest BCUT2D eigenvalue weighted by Crippen LogP contribution is 2.19. The van der Waals surface area contributed by atoms with Crippen molar-refractivity contribution in [2.24, 2.45) is 0 Å². The zero-order valence-electron chi connectivity index (χ0n) is 18.1. The van der Waals surface area contributed by atoms with E-state index in [1.165, 1.54) is 4.90 Å². The molecule has 0 heterocycles. The molecular weight excluding hydrogens is 482 g/mol. The van der Waals surface area contributed by atoms with Gasteiger partial charge in [0, 0.05) is 17.1 Å². The molecule has 2 aromatic rings. The lowest BCUT2D eigenvalue weighted by atomic mass is 10.1. The summed E-state index contributed by atoms with van der Waals surface area (Å²) in [6.45, 7) is 5.09. The summed E-state index contributed by atoms with van der Waals surface area (Å²) >= 11 is 3.38. The largest absolute Gasteiger partial charge is 0.352 e. The van der Waals surface area contributed by atoms with Gasteiger partial charge in [0.05, 0.1) is 11.9 Å². The number of rotatable bonds is 9. The van der Waals surface area contributed by atoms with E-state index in [0.29, 0.717) is 5.69 Å². The van der Waals surface area contributed by atoms with Gasteiger partial charge in [0.2, 0.25) is 21.8 Å². The summed E-state index contributed by atoms with van der Waals surface area (Å²) < 4.78 is 26.8. The van der Waals surface area contributed by atoms with Crippen LogP contribution in [0.25, 0.3) is 0 Å². The number of sulfonamides is 1. The van der Waals surface area contributed by atoms with E-state index in [9.17, 15) is 18.0 Å². The molecule has 31 heavy (non-hydrogen) atoms. The molecule has 0 saturated heterocycles. The number of nitrogens with one attached hydrogen (secondary N) is 1. The Kier molecular flexibility index (Phi) is 8.64. The highest BCUT2D eigenvalue weighted by molar-refractivity contribution is 9.10. The van der Waals surface area contributed by atoms with Gasteiger partial charge in [-0.2, -0.15) is 0 Å². The van der Waals surface area contributed by atoms with Crippen LogP contribution in [0.2, 0.25) is 0 Å². The summed E-state index contributed by atoms with van der Waals surface area (Å²) in [5.41, 5.74) is 1.22. The summed E-state index contributed by atoms with van der Waals surface area (Å²) in [4.78, 5) is 27.4. The molecule has 0 aliphatic heterocycles. The molecule has 1 N–H and O–H groups in total. The number of amides is 2. The molecule has 2 amide bonds. The van der Waals surface area contributed by atoms with Gasteiger partial charge in [0.25, 0.3) is 0 Å². The Hall–Kier alpha value is -2.39. The zero-order chi connectivity index (χ0) is 23.2. The van der Waals surface area contributed by atoms with Gasteiger partial charge in [0.1, 0.15) is 12.6 Å². The predicted octanol–water partition coefficient (Wildman–Crippen LogP) is 3.16. The van der Waals surface area contributed by atoms with Gasteiger partial charge in [0.15, 0.2) is 0 Å². The summed E-state index contributed by atoms with van der Waals surface area (Å²) in [6.07, 6.45) is 1.06. The molecule has 1 unspecified atom stereocenters. The van der Waals surface area contributed by atoms with Gasteiger partial charge in [-0.25, -0.2) is 8.42 Å². The molecule has 1 atom stereocenters. The van der Waals surface area contributed by atoms with E-state index in [4.69, 9.17) is 0 Å². The summed E-state index contributed by atoms with van der Waals surface area (Å²) in [5.74, 6) is -0.769. The number of nitrogens with zero attached hydrogens (tertiary/aromatic N) is 2. The highest BCUT2D eigenvalue weighted by atomic mass is 79.9. The average molecular weight is 510 g/mol. The molecule has 7 nitrogen and oxygen atoms in total. The van der Waals surface area contributed by atoms with Gasteiger partial charge < -0.3 is 10.2 Å². The van der Waals surface area contributed by atoms with Crippen LogP contribution in [0.3, 0.4) is 0 Å². The van der Waals surface area contributed by atoms with Crippen molar-refractivity contribution in [3.63, 3.8) is 0 Å². The molecule has 0 fully saturated rings. The van der Waals surface area contributed by atoms with E-state index < -0.39 is 28.5 Å². The minimum absolute atomic E-state index is 0.0866. The van der Waals surface area contributed by atoms with Gasteiger partial charge in [-0.1, -0.05) is 46.3 Å². The minimum Gasteiger partial charge on any atom is -0.352 e. The first-order valence-corrected chi connectivity index (χ1v) is 12.5. The summed E-state index contributed by atoms with van der Waals surface area (Å²) in [6, 6.07) is 15.0. The van der Waals surface area contributed by atoms with Crippen LogP contribution in [0.15, 0.2) is 59.1 Å². The van der Waals surface area contributed by atoms with E-state index in [0.717, 1.165) is 20.6 Å². The fourth-order valence-electron chi connectivity index (χ4n) is 2.98. The molecule has 0 radical (unpaired) electrons. The van der Waals surface area contributed by atoms with E-state index in [1.54, 1.807) is 37.3 Å². The topological polar surface area (TPSA) is 86.8 Å². The SMILES string of the molecule is CC(C)NC(=O)C(C)N(Cc1ccc(Br)cc1)C(=O)CN(c1ccccc1)S(C)(=O)=O. The Bertz CT molecular complexity index is 995. The maximum Gasteiger partial charge on any atom is 0.244 e. The van der Waals surface area contributed by atoms with Crippen molar-refractivity contribution < 1.29 is 18.0 Å². The quantitative estimate of drug-likeness (QED) is 0.562. The van der Waals surface area contributed by atoms with Crippen LogP contribution < -0.4 is 9.62 Å². The maximum absolute atomic E-state index is 13.3. The Morgan fingerprint density at radius 3 is 2.10 bits per heavy atom. The predicted molar refractivity (Wildman–Crippen MR) is 126 cm³/mol. The number of hydrogen-bond acceptors (Lipinski definition) is 4. The Morgan fingerprint density at radius 2 is 1.58 bits per heavy atom. The molecule has 2 rings (SSSR count). The summed E-state index contributed by atoms with van der Waals surface area (Å²) in [5, 5.41) is 2.82. The van der Waals surface area contributed by atoms with E-state index in [2.05, 4.69) is 21.2 Å². The van der Waals surface area contributed by atoms with Crippen LogP contribution in [-0.2, 0) is 26.2 Å². The van der Waals surface area contributed by atoms with Gasteiger partial charge in [-0.05, 0) is 50.6 Å². The van der Waals surface area contributed by atoms with Gasteiger partial charge >= 0.3 is 0 Å². The fraction of sp³-hybridized carbons (Fsp3) is 0.364. The Labute approximate surface area is 192 Å². The first kappa shape index (κ1) is 24.9. The second-order valence-electron chi connectivity index (χ2n) is 7.59. The Balaban J connectivity index is 2.35. The van der Waals surface area contributed by atoms with Crippen molar-refractivity contribution >= 4 is 43.5 Å². The lowest BCUT2D eigenvalue weighted by Crippen LogP contribution is -2.52. The third-order valence-corrected chi connectivity index (χ3v) is 6.26. The molecular formula is C22H28BrN3O4S. The van der Waals surface area contributed by atoms with Crippen molar-refractivity contribution in [2.75, 3.05) is 17.1 Å². The van der Waals surface area contributed by atoms with Crippen LogP contribution in [0.1, 0.15) is 26.3 Å². The van der Waals surface area contributed by atoms with Crippen LogP contribution in [0, 0.1) is 0 Å². The third kappa shape index (κ3) is 7.36. The number of benzene rings is 2. The molecule has 168 valence electrons. The minimum atomic E-state index is -3.71. The van der Waals surface area contributed by atoms with E-state index >= 15 is 0 Å². The van der Waals surface area contributed by atoms with Crippen LogP contribution in [0.5, 0.6) is 0 Å². The molecule has 0 aromatic heterocycles. The van der Waals surface area contributed by atoms with Crippen molar-refractivity contribution in [3.05, 3.63) is 64.6 Å². The second-order valence-corrected chi connectivity index (χ2v) is 10.4.